The van der Waals surface area contributed by atoms with Crippen molar-refractivity contribution in [2.75, 3.05) is 6.61 Å². The molecule has 16 heavy (non-hydrogen) atoms. The number of alkyl halides is 1. The Kier molecular flexibility index (Phi) is 4.65. The summed E-state index contributed by atoms with van der Waals surface area (Å²) >= 11 is 3.62. The van der Waals surface area contributed by atoms with Crippen molar-refractivity contribution in [1.29, 1.82) is 0 Å². The van der Waals surface area contributed by atoms with Crippen molar-refractivity contribution >= 4 is 21.8 Å². The van der Waals surface area contributed by atoms with Crippen LogP contribution < -0.4 is 5.32 Å². The SMILES string of the molecule is O=C(CC1CCCO1)NC1CCC(Br)CC1. The standard InChI is InChI=1S/C12H20BrNO2/c13-9-3-5-10(6-4-9)14-12(15)8-11-2-1-7-16-11/h9-11H,1-8H2,(H,14,15). The van der Waals surface area contributed by atoms with E-state index < -0.39 is 0 Å². The molecule has 92 valence electrons. The van der Waals surface area contributed by atoms with Crippen molar-refractivity contribution in [3.63, 3.8) is 0 Å². The van der Waals surface area contributed by atoms with Crippen LogP contribution in [0.3, 0.4) is 0 Å². The first-order chi connectivity index (χ1) is 7.74. The van der Waals surface area contributed by atoms with Crippen LogP contribution >= 0.6 is 15.9 Å². The van der Waals surface area contributed by atoms with Gasteiger partial charge in [-0.3, -0.25) is 4.79 Å². The van der Waals surface area contributed by atoms with Gasteiger partial charge in [-0.1, -0.05) is 15.9 Å². The molecule has 3 nitrogen and oxygen atoms in total. The quantitative estimate of drug-likeness (QED) is 0.810. The van der Waals surface area contributed by atoms with Gasteiger partial charge in [-0.05, 0) is 38.5 Å². The molecule has 2 rings (SSSR count). The molecule has 1 unspecified atom stereocenters. The monoisotopic (exact) mass is 289 g/mol. The highest BCUT2D eigenvalue weighted by Gasteiger charge is 2.23. The Labute approximate surface area is 105 Å². The van der Waals surface area contributed by atoms with Gasteiger partial charge in [-0.15, -0.1) is 0 Å². The molecule has 2 aliphatic rings. The summed E-state index contributed by atoms with van der Waals surface area (Å²) in [5.74, 6) is 0.171. The van der Waals surface area contributed by atoms with E-state index in [1.165, 1.54) is 12.8 Å². The van der Waals surface area contributed by atoms with Crippen LogP contribution in [0.15, 0.2) is 0 Å². The molecule has 1 aliphatic carbocycles. The lowest BCUT2D eigenvalue weighted by Crippen LogP contribution is -2.39. The molecule has 0 aromatic carbocycles. The fourth-order valence-corrected chi connectivity index (χ4v) is 3.02. The average molecular weight is 290 g/mol. The molecular weight excluding hydrogens is 270 g/mol. The molecule has 4 heteroatoms. The van der Waals surface area contributed by atoms with E-state index in [-0.39, 0.29) is 12.0 Å². The maximum Gasteiger partial charge on any atom is 0.222 e. The van der Waals surface area contributed by atoms with E-state index in [0.717, 1.165) is 32.3 Å². The van der Waals surface area contributed by atoms with Gasteiger partial charge < -0.3 is 10.1 Å². The van der Waals surface area contributed by atoms with Gasteiger partial charge in [0, 0.05) is 17.5 Å². The lowest BCUT2D eigenvalue weighted by Gasteiger charge is -2.26. The maximum absolute atomic E-state index is 11.7. The minimum atomic E-state index is 0.171. The van der Waals surface area contributed by atoms with Crippen molar-refractivity contribution in [1.82, 2.24) is 5.32 Å². The number of hydrogen-bond donors (Lipinski definition) is 1. The van der Waals surface area contributed by atoms with E-state index in [1.807, 2.05) is 0 Å². The molecule has 0 spiro atoms. The minimum absolute atomic E-state index is 0.171. The second kappa shape index (κ2) is 6.01. The van der Waals surface area contributed by atoms with Gasteiger partial charge in [0.1, 0.15) is 0 Å². The Balaban J connectivity index is 1.66. The highest BCUT2D eigenvalue weighted by atomic mass is 79.9. The first-order valence-electron chi connectivity index (χ1n) is 6.29. The largest absolute Gasteiger partial charge is 0.378 e. The first-order valence-corrected chi connectivity index (χ1v) is 7.20. The Morgan fingerprint density at radius 1 is 1.25 bits per heavy atom. The lowest BCUT2D eigenvalue weighted by atomic mass is 9.95. The maximum atomic E-state index is 11.7. The molecule has 1 heterocycles. The molecule has 0 aromatic rings. The Morgan fingerprint density at radius 2 is 2.00 bits per heavy atom. The number of carbonyl (C=O) groups is 1. The number of nitrogens with one attached hydrogen (secondary N) is 1. The number of carbonyl (C=O) groups excluding carboxylic acids is 1. The van der Waals surface area contributed by atoms with Crippen LogP contribution in [0.1, 0.15) is 44.9 Å². The minimum Gasteiger partial charge on any atom is -0.378 e. The summed E-state index contributed by atoms with van der Waals surface area (Å²) in [6, 6.07) is 0.391. The van der Waals surface area contributed by atoms with Crippen molar-refractivity contribution in [3.8, 4) is 0 Å². The number of amides is 1. The van der Waals surface area contributed by atoms with Crippen LogP contribution in [0.25, 0.3) is 0 Å². The summed E-state index contributed by atoms with van der Waals surface area (Å²) in [6.07, 6.45) is 7.42. The van der Waals surface area contributed by atoms with E-state index in [0.29, 0.717) is 17.3 Å². The van der Waals surface area contributed by atoms with Crippen molar-refractivity contribution in [3.05, 3.63) is 0 Å². The summed E-state index contributed by atoms with van der Waals surface area (Å²) in [4.78, 5) is 12.4. The first kappa shape index (κ1) is 12.4. The third-order valence-corrected chi connectivity index (χ3v) is 4.37. The lowest BCUT2D eigenvalue weighted by molar-refractivity contribution is -0.124. The summed E-state index contributed by atoms with van der Waals surface area (Å²) < 4.78 is 5.46. The Hall–Kier alpha value is -0.0900. The van der Waals surface area contributed by atoms with E-state index in [1.54, 1.807) is 0 Å². The molecule has 2 fully saturated rings. The van der Waals surface area contributed by atoms with Gasteiger partial charge in [0.05, 0.1) is 12.5 Å². The van der Waals surface area contributed by atoms with Crippen molar-refractivity contribution < 1.29 is 9.53 Å². The van der Waals surface area contributed by atoms with E-state index in [9.17, 15) is 4.79 Å². The third-order valence-electron chi connectivity index (χ3n) is 3.46. The zero-order chi connectivity index (χ0) is 11.4. The van der Waals surface area contributed by atoms with Gasteiger partial charge in [0.15, 0.2) is 0 Å². The molecule has 0 radical (unpaired) electrons. The molecule has 1 saturated heterocycles. The number of halogens is 1. The van der Waals surface area contributed by atoms with Gasteiger partial charge in [0.2, 0.25) is 5.91 Å². The summed E-state index contributed by atoms with van der Waals surface area (Å²) in [5, 5.41) is 3.13. The highest BCUT2D eigenvalue weighted by molar-refractivity contribution is 9.09. The smallest absolute Gasteiger partial charge is 0.222 e. The molecule has 1 saturated carbocycles. The third kappa shape index (κ3) is 3.74. The zero-order valence-corrected chi connectivity index (χ0v) is 11.2. The second-order valence-electron chi connectivity index (χ2n) is 4.86. The molecule has 0 aromatic heterocycles. The van der Waals surface area contributed by atoms with E-state index in [2.05, 4.69) is 21.2 Å². The number of ether oxygens (including phenoxy) is 1. The van der Waals surface area contributed by atoms with Gasteiger partial charge in [-0.2, -0.15) is 0 Å². The van der Waals surface area contributed by atoms with Gasteiger partial charge in [-0.25, -0.2) is 0 Å². The summed E-state index contributed by atoms with van der Waals surface area (Å²) in [5.41, 5.74) is 0. The van der Waals surface area contributed by atoms with Gasteiger partial charge >= 0.3 is 0 Å². The van der Waals surface area contributed by atoms with Crippen LogP contribution in [0.2, 0.25) is 0 Å². The number of rotatable bonds is 3. The molecule has 1 aliphatic heterocycles. The average Bonchev–Trinajstić information content (AvgIpc) is 2.74. The summed E-state index contributed by atoms with van der Waals surface area (Å²) in [6.45, 7) is 0.826. The van der Waals surface area contributed by atoms with Crippen LogP contribution in [0.5, 0.6) is 0 Å². The zero-order valence-electron chi connectivity index (χ0n) is 9.58. The van der Waals surface area contributed by atoms with Crippen LogP contribution in [-0.4, -0.2) is 29.5 Å². The molecule has 1 amide bonds. The molecule has 1 atom stereocenters. The second-order valence-corrected chi connectivity index (χ2v) is 6.15. The van der Waals surface area contributed by atoms with Crippen LogP contribution in [0.4, 0.5) is 0 Å². The molecule has 0 bridgehead atoms. The fourth-order valence-electron chi connectivity index (χ4n) is 2.50. The summed E-state index contributed by atoms with van der Waals surface area (Å²) in [7, 11) is 0. The fraction of sp³-hybridized carbons (Fsp3) is 0.917. The number of hydrogen-bond acceptors (Lipinski definition) is 2. The van der Waals surface area contributed by atoms with Crippen molar-refractivity contribution in [2.24, 2.45) is 0 Å². The normalized spacial score (nSPS) is 34.9. The predicted octanol–water partition coefficient (Wildman–Crippen LogP) is 2.38. The van der Waals surface area contributed by atoms with Gasteiger partial charge in [0.25, 0.3) is 0 Å². The van der Waals surface area contributed by atoms with E-state index >= 15 is 0 Å². The van der Waals surface area contributed by atoms with Crippen LogP contribution in [0, 0.1) is 0 Å². The molecular formula is C12H20BrNO2. The van der Waals surface area contributed by atoms with Crippen LogP contribution in [-0.2, 0) is 9.53 Å². The topological polar surface area (TPSA) is 38.3 Å². The predicted molar refractivity (Wildman–Crippen MR) is 66.7 cm³/mol. The Bertz CT molecular complexity index is 233. The molecule has 1 N–H and O–H groups in total. The Morgan fingerprint density at radius 3 is 2.62 bits per heavy atom. The van der Waals surface area contributed by atoms with Crippen molar-refractivity contribution in [2.45, 2.75) is 61.9 Å². The van der Waals surface area contributed by atoms with E-state index in [4.69, 9.17) is 4.74 Å². The highest BCUT2D eigenvalue weighted by Crippen LogP contribution is 2.24.